The molecule has 1 heterocycles. The van der Waals surface area contributed by atoms with E-state index in [9.17, 15) is 4.79 Å². The lowest BCUT2D eigenvalue weighted by molar-refractivity contribution is -0.117. The molecule has 3 rings (SSSR count). The number of carbonyl (C=O) groups is 1. The van der Waals surface area contributed by atoms with Gasteiger partial charge < -0.3 is 9.64 Å². The number of carbonyl (C=O) groups excluding carboxylic acids is 1. The van der Waals surface area contributed by atoms with E-state index in [1.165, 1.54) is 19.3 Å². The standard InChI is InChI=1S/C15H19NO2/c1-18-13-8-6-12(7-9-13)16-14-5-3-2-4-11(14)10-15(16)17/h6-9,11,14H,2-5,10H2,1H3/t11-,14-/m0/s1. The predicted molar refractivity (Wildman–Crippen MR) is 70.8 cm³/mol. The number of benzene rings is 1. The molecule has 0 spiro atoms. The molecule has 1 aliphatic heterocycles. The third-order valence-corrected chi connectivity index (χ3v) is 4.26. The Kier molecular flexibility index (Phi) is 2.98. The molecule has 1 saturated heterocycles. The summed E-state index contributed by atoms with van der Waals surface area (Å²) in [5, 5.41) is 0. The van der Waals surface area contributed by atoms with Crippen LogP contribution in [0.25, 0.3) is 0 Å². The molecule has 0 aromatic heterocycles. The maximum atomic E-state index is 12.2. The maximum absolute atomic E-state index is 12.2. The lowest BCUT2D eigenvalue weighted by Crippen LogP contribution is -2.36. The summed E-state index contributed by atoms with van der Waals surface area (Å²) in [7, 11) is 1.66. The highest BCUT2D eigenvalue weighted by molar-refractivity contribution is 5.96. The van der Waals surface area contributed by atoms with Crippen molar-refractivity contribution in [3.05, 3.63) is 24.3 Å². The van der Waals surface area contributed by atoms with Gasteiger partial charge in [0.15, 0.2) is 0 Å². The van der Waals surface area contributed by atoms with E-state index < -0.39 is 0 Å². The number of ether oxygens (including phenoxy) is 1. The molecule has 3 nitrogen and oxygen atoms in total. The van der Waals surface area contributed by atoms with Gasteiger partial charge in [-0.05, 0) is 43.0 Å². The van der Waals surface area contributed by atoms with Crippen molar-refractivity contribution in [1.82, 2.24) is 0 Å². The number of methoxy groups -OCH3 is 1. The zero-order chi connectivity index (χ0) is 12.5. The van der Waals surface area contributed by atoms with Crippen molar-refractivity contribution < 1.29 is 9.53 Å². The van der Waals surface area contributed by atoms with Gasteiger partial charge in [0.2, 0.25) is 5.91 Å². The normalized spacial score (nSPS) is 27.2. The van der Waals surface area contributed by atoms with Crippen molar-refractivity contribution in [2.45, 2.75) is 38.1 Å². The third-order valence-electron chi connectivity index (χ3n) is 4.26. The molecule has 1 amide bonds. The first-order valence-electron chi connectivity index (χ1n) is 6.75. The molecule has 96 valence electrons. The Hall–Kier alpha value is -1.51. The molecule has 0 N–H and O–H groups in total. The molecule has 2 fully saturated rings. The van der Waals surface area contributed by atoms with Gasteiger partial charge >= 0.3 is 0 Å². The minimum Gasteiger partial charge on any atom is -0.497 e. The molecular weight excluding hydrogens is 226 g/mol. The number of rotatable bonds is 2. The number of hydrogen-bond donors (Lipinski definition) is 0. The molecule has 1 aromatic rings. The Morgan fingerprint density at radius 2 is 1.89 bits per heavy atom. The van der Waals surface area contributed by atoms with E-state index in [2.05, 4.69) is 0 Å². The fourth-order valence-corrected chi connectivity index (χ4v) is 3.35. The largest absolute Gasteiger partial charge is 0.497 e. The Morgan fingerprint density at radius 1 is 1.17 bits per heavy atom. The Balaban J connectivity index is 1.87. The SMILES string of the molecule is COc1ccc(N2C(=O)C[C@@H]3CCCC[C@@H]32)cc1. The zero-order valence-electron chi connectivity index (χ0n) is 10.8. The van der Waals surface area contributed by atoms with E-state index >= 15 is 0 Å². The maximum Gasteiger partial charge on any atom is 0.227 e. The lowest BCUT2D eigenvalue weighted by Gasteiger charge is -2.31. The van der Waals surface area contributed by atoms with Gasteiger partial charge in [-0.1, -0.05) is 12.8 Å². The second kappa shape index (κ2) is 4.63. The summed E-state index contributed by atoms with van der Waals surface area (Å²) in [6, 6.07) is 8.28. The third kappa shape index (κ3) is 1.88. The first kappa shape index (κ1) is 11.6. The zero-order valence-corrected chi connectivity index (χ0v) is 10.8. The van der Waals surface area contributed by atoms with Crippen LogP contribution in [0.1, 0.15) is 32.1 Å². The second-order valence-electron chi connectivity index (χ2n) is 5.28. The topological polar surface area (TPSA) is 29.5 Å². The molecule has 0 radical (unpaired) electrons. The molecule has 2 atom stereocenters. The van der Waals surface area contributed by atoms with Crippen molar-refractivity contribution >= 4 is 11.6 Å². The summed E-state index contributed by atoms with van der Waals surface area (Å²) in [6.45, 7) is 0. The van der Waals surface area contributed by atoms with Crippen molar-refractivity contribution in [2.24, 2.45) is 5.92 Å². The lowest BCUT2D eigenvalue weighted by atomic mass is 9.85. The van der Waals surface area contributed by atoms with Crippen LogP contribution in [0, 0.1) is 5.92 Å². The number of anilines is 1. The minimum absolute atomic E-state index is 0.289. The first-order valence-corrected chi connectivity index (χ1v) is 6.75. The van der Waals surface area contributed by atoms with E-state index in [0.717, 1.165) is 24.3 Å². The van der Waals surface area contributed by atoms with Crippen molar-refractivity contribution in [1.29, 1.82) is 0 Å². The van der Waals surface area contributed by atoms with E-state index in [4.69, 9.17) is 4.74 Å². The molecule has 1 saturated carbocycles. The fourth-order valence-electron chi connectivity index (χ4n) is 3.35. The van der Waals surface area contributed by atoms with Crippen LogP contribution in [0.5, 0.6) is 5.75 Å². The summed E-state index contributed by atoms with van der Waals surface area (Å²) in [4.78, 5) is 14.2. The van der Waals surface area contributed by atoms with Crippen molar-refractivity contribution in [3.8, 4) is 5.75 Å². The predicted octanol–water partition coefficient (Wildman–Crippen LogP) is 2.99. The molecule has 18 heavy (non-hydrogen) atoms. The highest BCUT2D eigenvalue weighted by atomic mass is 16.5. The van der Waals surface area contributed by atoms with Gasteiger partial charge in [-0.2, -0.15) is 0 Å². The van der Waals surface area contributed by atoms with Gasteiger partial charge in [-0.15, -0.1) is 0 Å². The van der Waals surface area contributed by atoms with Crippen LogP contribution in [-0.2, 0) is 4.79 Å². The van der Waals surface area contributed by atoms with E-state index in [0.29, 0.717) is 12.0 Å². The number of amides is 1. The summed E-state index contributed by atoms with van der Waals surface area (Å²) >= 11 is 0. The van der Waals surface area contributed by atoms with E-state index in [1.807, 2.05) is 29.2 Å². The van der Waals surface area contributed by atoms with Gasteiger partial charge in [-0.25, -0.2) is 0 Å². The first-order chi connectivity index (χ1) is 8.79. The summed E-state index contributed by atoms with van der Waals surface area (Å²) < 4.78 is 5.16. The van der Waals surface area contributed by atoms with E-state index in [1.54, 1.807) is 7.11 Å². The monoisotopic (exact) mass is 245 g/mol. The van der Waals surface area contributed by atoms with Gasteiger partial charge in [-0.3, -0.25) is 4.79 Å². The highest BCUT2D eigenvalue weighted by Crippen LogP contribution is 2.39. The minimum atomic E-state index is 0.289. The van der Waals surface area contributed by atoms with Crippen LogP contribution >= 0.6 is 0 Å². The second-order valence-corrected chi connectivity index (χ2v) is 5.28. The van der Waals surface area contributed by atoms with Crippen LogP contribution in [-0.4, -0.2) is 19.1 Å². The molecule has 1 aliphatic carbocycles. The van der Waals surface area contributed by atoms with Crippen molar-refractivity contribution in [3.63, 3.8) is 0 Å². The Morgan fingerprint density at radius 3 is 2.61 bits per heavy atom. The number of hydrogen-bond acceptors (Lipinski definition) is 2. The summed E-state index contributed by atoms with van der Waals surface area (Å²) in [5.74, 6) is 1.70. The molecule has 2 aliphatic rings. The quantitative estimate of drug-likeness (QED) is 0.801. The average Bonchev–Trinajstić information content (AvgIpc) is 2.75. The molecule has 0 bridgehead atoms. The van der Waals surface area contributed by atoms with Crippen LogP contribution in [0.15, 0.2) is 24.3 Å². The number of nitrogens with zero attached hydrogens (tertiary/aromatic N) is 1. The molecule has 3 heteroatoms. The van der Waals surface area contributed by atoms with Crippen LogP contribution < -0.4 is 9.64 Å². The van der Waals surface area contributed by atoms with Gasteiger partial charge in [0, 0.05) is 18.2 Å². The van der Waals surface area contributed by atoms with Crippen LogP contribution in [0.3, 0.4) is 0 Å². The van der Waals surface area contributed by atoms with Crippen molar-refractivity contribution in [2.75, 3.05) is 12.0 Å². The Bertz CT molecular complexity index is 440. The smallest absolute Gasteiger partial charge is 0.227 e. The average molecular weight is 245 g/mol. The van der Waals surface area contributed by atoms with Gasteiger partial charge in [0.1, 0.15) is 5.75 Å². The Labute approximate surface area is 108 Å². The summed E-state index contributed by atoms with van der Waals surface area (Å²) in [5.41, 5.74) is 1.02. The van der Waals surface area contributed by atoms with E-state index in [-0.39, 0.29) is 5.91 Å². The van der Waals surface area contributed by atoms with Gasteiger partial charge in [0.05, 0.1) is 7.11 Å². The van der Waals surface area contributed by atoms with Crippen LogP contribution in [0.4, 0.5) is 5.69 Å². The molecule has 0 unspecified atom stereocenters. The van der Waals surface area contributed by atoms with Gasteiger partial charge in [0.25, 0.3) is 0 Å². The highest BCUT2D eigenvalue weighted by Gasteiger charge is 2.41. The fraction of sp³-hybridized carbons (Fsp3) is 0.533. The molecule has 1 aromatic carbocycles. The summed E-state index contributed by atoms with van der Waals surface area (Å²) in [6.07, 6.45) is 5.63. The van der Waals surface area contributed by atoms with Crippen LogP contribution in [0.2, 0.25) is 0 Å². The number of fused-ring (bicyclic) bond motifs is 1. The molecular formula is C15H19NO2.